The Balaban J connectivity index is 1.57. The van der Waals surface area contributed by atoms with Crippen molar-refractivity contribution in [1.82, 2.24) is 14.8 Å². The molecule has 1 aromatic carbocycles. The number of rotatable bonds is 4. The van der Waals surface area contributed by atoms with E-state index in [1.54, 1.807) is 24.0 Å². The summed E-state index contributed by atoms with van der Waals surface area (Å²) in [6.45, 7) is 5.57. The minimum atomic E-state index is -0.661. The van der Waals surface area contributed by atoms with Gasteiger partial charge in [-0.15, -0.1) is 0 Å². The molecule has 1 aliphatic heterocycles. The lowest BCUT2D eigenvalue weighted by Crippen LogP contribution is -2.54. The molecule has 0 unspecified atom stereocenters. The standard InChI is InChI=1S/C20H22F2N4O2/c1-13-11-25(5-6-26(13)14(2)27)12-20(28)24-19-4-3-15(10-23-19)16-7-17(21)9-18(22)8-16/h3-4,7-10,13H,5-6,11-12H2,1-2H3,(H,23,24,28)/t13-/m1/s1. The van der Waals surface area contributed by atoms with Gasteiger partial charge >= 0.3 is 0 Å². The quantitative estimate of drug-likeness (QED) is 0.874. The van der Waals surface area contributed by atoms with Gasteiger partial charge in [0.1, 0.15) is 17.5 Å². The summed E-state index contributed by atoms with van der Waals surface area (Å²) in [5.74, 6) is -1.13. The Kier molecular flexibility index (Phi) is 5.99. The van der Waals surface area contributed by atoms with Gasteiger partial charge in [0.05, 0.1) is 6.54 Å². The highest BCUT2D eigenvalue weighted by Gasteiger charge is 2.26. The summed E-state index contributed by atoms with van der Waals surface area (Å²) in [6, 6.07) is 6.54. The number of piperazine rings is 1. The number of halogens is 2. The van der Waals surface area contributed by atoms with Crippen LogP contribution in [0.25, 0.3) is 11.1 Å². The Hall–Kier alpha value is -2.87. The van der Waals surface area contributed by atoms with Crippen LogP contribution in [-0.2, 0) is 9.59 Å². The van der Waals surface area contributed by atoms with Crippen molar-refractivity contribution in [2.24, 2.45) is 0 Å². The average Bonchev–Trinajstić information content (AvgIpc) is 2.61. The summed E-state index contributed by atoms with van der Waals surface area (Å²) in [4.78, 5) is 31.7. The maximum atomic E-state index is 13.3. The van der Waals surface area contributed by atoms with Gasteiger partial charge in [-0.2, -0.15) is 0 Å². The molecule has 1 atom stereocenters. The van der Waals surface area contributed by atoms with Crippen LogP contribution in [0.3, 0.4) is 0 Å². The number of hydrogen-bond acceptors (Lipinski definition) is 4. The van der Waals surface area contributed by atoms with Gasteiger partial charge in [-0.25, -0.2) is 13.8 Å². The zero-order chi connectivity index (χ0) is 20.3. The fourth-order valence-electron chi connectivity index (χ4n) is 3.39. The Morgan fingerprint density at radius 2 is 1.86 bits per heavy atom. The van der Waals surface area contributed by atoms with Crippen LogP contribution in [0, 0.1) is 11.6 Å². The van der Waals surface area contributed by atoms with E-state index in [1.807, 2.05) is 11.8 Å². The van der Waals surface area contributed by atoms with E-state index in [0.29, 0.717) is 36.6 Å². The maximum absolute atomic E-state index is 13.3. The van der Waals surface area contributed by atoms with Gasteiger partial charge in [0.25, 0.3) is 0 Å². The number of carbonyl (C=O) groups excluding carboxylic acids is 2. The third kappa shape index (κ3) is 4.89. The van der Waals surface area contributed by atoms with E-state index in [4.69, 9.17) is 0 Å². The Bertz CT molecular complexity index is 853. The molecule has 2 amide bonds. The molecule has 1 N–H and O–H groups in total. The molecule has 0 radical (unpaired) electrons. The second-order valence-electron chi connectivity index (χ2n) is 6.93. The SMILES string of the molecule is CC(=O)N1CCN(CC(=O)Nc2ccc(-c3cc(F)cc(F)c3)cn2)C[C@H]1C. The highest BCUT2D eigenvalue weighted by Crippen LogP contribution is 2.22. The predicted molar refractivity (Wildman–Crippen MR) is 102 cm³/mol. The summed E-state index contributed by atoms with van der Waals surface area (Å²) in [5, 5.41) is 2.72. The van der Waals surface area contributed by atoms with E-state index in [-0.39, 0.29) is 24.4 Å². The lowest BCUT2D eigenvalue weighted by Gasteiger charge is -2.39. The highest BCUT2D eigenvalue weighted by molar-refractivity contribution is 5.91. The van der Waals surface area contributed by atoms with Crippen molar-refractivity contribution >= 4 is 17.6 Å². The summed E-state index contributed by atoms with van der Waals surface area (Å²) in [5.41, 5.74) is 0.922. The van der Waals surface area contributed by atoms with Crippen molar-refractivity contribution in [2.45, 2.75) is 19.9 Å². The van der Waals surface area contributed by atoms with Gasteiger partial charge in [-0.05, 0) is 36.8 Å². The second kappa shape index (κ2) is 8.43. The summed E-state index contributed by atoms with van der Waals surface area (Å²) in [7, 11) is 0. The van der Waals surface area contributed by atoms with Gasteiger partial charge in [0, 0.05) is 50.4 Å². The highest BCUT2D eigenvalue weighted by atomic mass is 19.1. The fraction of sp³-hybridized carbons (Fsp3) is 0.350. The van der Waals surface area contributed by atoms with Crippen molar-refractivity contribution in [3.8, 4) is 11.1 Å². The van der Waals surface area contributed by atoms with Crippen LogP contribution in [0.5, 0.6) is 0 Å². The van der Waals surface area contributed by atoms with E-state index in [2.05, 4.69) is 10.3 Å². The third-order valence-electron chi connectivity index (χ3n) is 4.71. The van der Waals surface area contributed by atoms with Crippen molar-refractivity contribution in [1.29, 1.82) is 0 Å². The molecule has 1 saturated heterocycles. The van der Waals surface area contributed by atoms with E-state index in [1.165, 1.54) is 18.3 Å². The first-order valence-corrected chi connectivity index (χ1v) is 9.04. The molecule has 1 aliphatic rings. The lowest BCUT2D eigenvalue weighted by atomic mass is 10.1. The molecule has 0 spiro atoms. The number of pyridine rings is 1. The normalized spacial score (nSPS) is 17.4. The second-order valence-corrected chi connectivity index (χ2v) is 6.93. The van der Waals surface area contributed by atoms with E-state index < -0.39 is 11.6 Å². The number of amides is 2. The number of carbonyl (C=O) groups is 2. The van der Waals surface area contributed by atoms with Crippen LogP contribution in [0.1, 0.15) is 13.8 Å². The number of hydrogen-bond donors (Lipinski definition) is 1. The van der Waals surface area contributed by atoms with E-state index in [9.17, 15) is 18.4 Å². The summed E-state index contributed by atoms with van der Waals surface area (Å²) in [6.07, 6.45) is 1.46. The first-order valence-electron chi connectivity index (χ1n) is 9.04. The molecule has 0 saturated carbocycles. The smallest absolute Gasteiger partial charge is 0.239 e. The largest absolute Gasteiger partial charge is 0.338 e. The van der Waals surface area contributed by atoms with Crippen LogP contribution >= 0.6 is 0 Å². The monoisotopic (exact) mass is 388 g/mol. The first kappa shape index (κ1) is 19.9. The average molecular weight is 388 g/mol. The van der Waals surface area contributed by atoms with Gasteiger partial charge < -0.3 is 10.2 Å². The number of anilines is 1. The number of nitrogens with zero attached hydrogens (tertiary/aromatic N) is 3. The molecule has 0 aliphatic carbocycles. The molecular formula is C20H22F2N4O2. The lowest BCUT2D eigenvalue weighted by molar-refractivity contribution is -0.133. The van der Waals surface area contributed by atoms with Crippen LogP contribution in [0.4, 0.5) is 14.6 Å². The van der Waals surface area contributed by atoms with Crippen LogP contribution in [-0.4, -0.2) is 58.8 Å². The molecular weight excluding hydrogens is 366 g/mol. The summed E-state index contributed by atoms with van der Waals surface area (Å²) >= 11 is 0. The molecule has 2 aromatic rings. The predicted octanol–water partition coefficient (Wildman–Crippen LogP) is 2.52. The molecule has 1 fully saturated rings. The fourth-order valence-corrected chi connectivity index (χ4v) is 3.39. The minimum absolute atomic E-state index is 0.0408. The van der Waals surface area contributed by atoms with Gasteiger partial charge in [-0.3, -0.25) is 14.5 Å². The van der Waals surface area contributed by atoms with Crippen molar-refractivity contribution in [2.75, 3.05) is 31.5 Å². The number of nitrogens with one attached hydrogen (secondary N) is 1. The zero-order valence-electron chi connectivity index (χ0n) is 15.8. The Labute approximate surface area is 162 Å². The number of aromatic nitrogens is 1. The van der Waals surface area contributed by atoms with Crippen molar-refractivity contribution < 1.29 is 18.4 Å². The number of benzene rings is 1. The summed E-state index contributed by atoms with van der Waals surface area (Å²) < 4.78 is 26.7. The molecule has 1 aromatic heterocycles. The van der Waals surface area contributed by atoms with Crippen LogP contribution < -0.4 is 5.32 Å². The molecule has 8 heteroatoms. The molecule has 28 heavy (non-hydrogen) atoms. The molecule has 148 valence electrons. The van der Waals surface area contributed by atoms with Gasteiger partial charge in [0.2, 0.25) is 11.8 Å². The minimum Gasteiger partial charge on any atom is -0.338 e. The van der Waals surface area contributed by atoms with E-state index >= 15 is 0 Å². The van der Waals surface area contributed by atoms with Crippen molar-refractivity contribution in [3.05, 3.63) is 48.2 Å². The Morgan fingerprint density at radius 3 is 2.43 bits per heavy atom. The zero-order valence-corrected chi connectivity index (χ0v) is 15.8. The third-order valence-corrected chi connectivity index (χ3v) is 4.71. The first-order chi connectivity index (χ1) is 13.3. The molecule has 6 nitrogen and oxygen atoms in total. The van der Waals surface area contributed by atoms with Gasteiger partial charge in [-0.1, -0.05) is 0 Å². The van der Waals surface area contributed by atoms with Crippen molar-refractivity contribution in [3.63, 3.8) is 0 Å². The van der Waals surface area contributed by atoms with E-state index in [0.717, 1.165) is 6.07 Å². The maximum Gasteiger partial charge on any atom is 0.239 e. The molecule has 2 heterocycles. The van der Waals surface area contributed by atoms with Gasteiger partial charge in [0.15, 0.2) is 0 Å². The Morgan fingerprint density at radius 1 is 1.14 bits per heavy atom. The molecule has 0 bridgehead atoms. The van der Waals surface area contributed by atoms with Crippen LogP contribution in [0.2, 0.25) is 0 Å². The topological polar surface area (TPSA) is 65.5 Å². The van der Waals surface area contributed by atoms with Crippen LogP contribution in [0.15, 0.2) is 36.5 Å². The molecule has 3 rings (SSSR count).